The van der Waals surface area contributed by atoms with Crippen LogP contribution in [-0.2, 0) is 16.1 Å². The second kappa shape index (κ2) is 11.4. The minimum Gasteiger partial charge on any atom is -0.482 e. The van der Waals surface area contributed by atoms with Crippen LogP contribution in [-0.4, -0.2) is 35.9 Å². The molecule has 5 nitrogen and oxygen atoms in total. The summed E-state index contributed by atoms with van der Waals surface area (Å²) in [6.07, 6.45) is 1.82. The maximum absolute atomic E-state index is 13.2. The van der Waals surface area contributed by atoms with Crippen molar-refractivity contribution >= 4 is 23.4 Å². The highest BCUT2D eigenvalue weighted by Crippen LogP contribution is 2.23. The van der Waals surface area contributed by atoms with Gasteiger partial charge in [-0.1, -0.05) is 49.2 Å². The number of nitrogens with one attached hydrogen (secondary N) is 1. The van der Waals surface area contributed by atoms with Crippen molar-refractivity contribution in [3.63, 3.8) is 0 Å². The number of benzene rings is 2. The van der Waals surface area contributed by atoms with Gasteiger partial charge in [0, 0.05) is 13.1 Å². The Hall–Kier alpha value is -2.60. The number of ether oxygens (including phenoxy) is 1. The van der Waals surface area contributed by atoms with Crippen LogP contribution in [0.1, 0.15) is 32.3 Å². The first kappa shape index (κ1) is 22.7. The van der Waals surface area contributed by atoms with Crippen LogP contribution >= 0.6 is 11.6 Å². The minimum absolute atomic E-state index is 0.160. The Kier molecular flexibility index (Phi) is 8.93. The molecule has 0 saturated heterocycles. The van der Waals surface area contributed by atoms with E-state index >= 15 is 0 Å². The van der Waals surface area contributed by atoms with Gasteiger partial charge in [0.1, 0.15) is 17.6 Å². The number of hydrogen-bond donors (Lipinski definition) is 1. The Morgan fingerprint density at radius 3 is 2.52 bits per heavy atom. The smallest absolute Gasteiger partial charge is 0.261 e. The molecule has 0 heterocycles. The zero-order chi connectivity index (χ0) is 21.2. The Labute approximate surface area is 175 Å². The maximum atomic E-state index is 13.2. The minimum atomic E-state index is -0.709. The van der Waals surface area contributed by atoms with Crippen LogP contribution in [0.4, 0.5) is 4.39 Å². The molecule has 2 amide bonds. The zero-order valence-corrected chi connectivity index (χ0v) is 17.4. The van der Waals surface area contributed by atoms with Crippen molar-refractivity contribution in [1.82, 2.24) is 10.2 Å². The van der Waals surface area contributed by atoms with Gasteiger partial charge in [-0.25, -0.2) is 4.39 Å². The second-order valence-electron chi connectivity index (χ2n) is 6.69. The number of rotatable bonds is 10. The highest BCUT2D eigenvalue weighted by Gasteiger charge is 2.26. The number of unbranched alkanes of at least 4 members (excludes halogenated alkanes) is 1. The van der Waals surface area contributed by atoms with Gasteiger partial charge in [-0.2, -0.15) is 0 Å². The van der Waals surface area contributed by atoms with Crippen molar-refractivity contribution in [3.05, 3.63) is 64.9 Å². The number of halogens is 2. The molecule has 2 aromatic carbocycles. The van der Waals surface area contributed by atoms with Gasteiger partial charge >= 0.3 is 0 Å². The fraction of sp³-hybridized carbons (Fsp3) is 0.364. The molecule has 0 bridgehead atoms. The normalized spacial score (nSPS) is 11.6. The fourth-order valence-electron chi connectivity index (χ4n) is 2.69. The van der Waals surface area contributed by atoms with E-state index in [0.717, 1.165) is 12.8 Å². The molecule has 156 valence electrons. The van der Waals surface area contributed by atoms with Crippen molar-refractivity contribution < 1.29 is 18.7 Å². The summed E-state index contributed by atoms with van der Waals surface area (Å²) >= 11 is 6.07. The van der Waals surface area contributed by atoms with Crippen LogP contribution in [0.25, 0.3) is 0 Å². The van der Waals surface area contributed by atoms with Crippen molar-refractivity contribution in [2.75, 3.05) is 13.2 Å². The standard InChI is InChI=1S/C22H26ClFN2O3/c1-3-4-13-25-22(28)16(2)26(14-17-9-11-18(24)12-10-17)21(27)15-29-20-8-6-5-7-19(20)23/h5-12,16H,3-4,13-15H2,1-2H3,(H,25,28)/t16-/m0/s1. The van der Waals surface area contributed by atoms with E-state index in [1.807, 2.05) is 6.92 Å². The van der Waals surface area contributed by atoms with E-state index in [2.05, 4.69) is 5.32 Å². The van der Waals surface area contributed by atoms with Crippen LogP contribution in [0.5, 0.6) is 5.75 Å². The average Bonchev–Trinajstić information content (AvgIpc) is 2.72. The summed E-state index contributed by atoms with van der Waals surface area (Å²) in [6.45, 7) is 4.14. The third-order valence-corrected chi connectivity index (χ3v) is 4.76. The Balaban J connectivity index is 2.11. The molecule has 0 saturated carbocycles. The van der Waals surface area contributed by atoms with Crippen LogP contribution in [0, 0.1) is 5.82 Å². The van der Waals surface area contributed by atoms with Crippen molar-refractivity contribution in [2.45, 2.75) is 39.3 Å². The first-order chi connectivity index (χ1) is 13.9. The lowest BCUT2D eigenvalue weighted by Gasteiger charge is -2.28. The fourth-order valence-corrected chi connectivity index (χ4v) is 2.88. The Bertz CT molecular complexity index is 814. The summed E-state index contributed by atoms with van der Waals surface area (Å²) in [6, 6.07) is 12.0. The molecule has 0 radical (unpaired) electrons. The van der Waals surface area contributed by atoms with Gasteiger partial charge < -0.3 is 15.0 Å². The van der Waals surface area contributed by atoms with Gasteiger partial charge in [0.05, 0.1) is 5.02 Å². The monoisotopic (exact) mass is 420 g/mol. The lowest BCUT2D eigenvalue weighted by molar-refractivity contribution is -0.142. The molecule has 0 aliphatic rings. The SMILES string of the molecule is CCCCNC(=O)[C@H](C)N(Cc1ccc(F)cc1)C(=O)COc1ccccc1Cl. The summed E-state index contributed by atoms with van der Waals surface area (Å²) < 4.78 is 18.8. The molecule has 0 fully saturated rings. The Morgan fingerprint density at radius 2 is 1.86 bits per heavy atom. The first-order valence-electron chi connectivity index (χ1n) is 9.61. The first-order valence-corrected chi connectivity index (χ1v) is 9.99. The number of nitrogens with zero attached hydrogens (tertiary/aromatic N) is 1. The zero-order valence-electron chi connectivity index (χ0n) is 16.7. The summed E-state index contributed by atoms with van der Waals surface area (Å²) in [4.78, 5) is 26.8. The van der Waals surface area contributed by atoms with E-state index in [4.69, 9.17) is 16.3 Å². The van der Waals surface area contributed by atoms with Gasteiger partial charge in [-0.15, -0.1) is 0 Å². The molecule has 7 heteroatoms. The van der Waals surface area contributed by atoms with Gasteiger partial charge in [0.2, 0.25) is 5.91 Å². The molecule has 29 heavy (non-hydrogen) atoms. The molecular formula is C22H26ClFN2O3. The average molecular weight is 421 g/mol. The number of carbonyl (C=O) groups is 2. The van der Waals surface area contributed by atoms with Gasteiger partial charge in [-0.3, -0.25) is 9.59 Å². The number of para-hydroxylation sites is 1. The van der Waals surface area contributed by atoms with E-state index in [0.29, 0.717) is 22.9 Å². The molecule has 2 rings (SSSR count). The quantitative estimate of drug-likeness (QED) is 0.586. The highest BCUT2D eigenvalue weighted by atomic mass is 35.5. The lowest BCUT2D eigenvalue weighted by atomic mass is 10.1. The van der Waals surface area contributed by atoms with Gasteiger partial charge in [0.15, 0.2) is 6.61 Å². The van der Waals surface area contributed by atoms with Crippen LogP contribution < -0.4 is 10.1 Å². The number of carbonyl (C=O) groups excluding carboxylic acids is 2. The van der Waals surface area contributed by atoms with Crippen molar-refractivity contribution in [2.24, 2.45) is 0 Å². The summed E-state index contributed by atoms with van der Waals surface area (Å²) in [5, 5.41) is 3.24. The lowest BCUT2D eigenvalue weighted by Crippen LogP contribution is -2.49. The molecule has 0 aromatic heterocycles. The molecule has 2 aromatic rings. The predicted molar refractivity (Wildman–Crippen MR) is 111 cm³/mol. The summed E-state index contributed by atoms with van der Waals surface area (Å²) in [5.41, 5.74) is 0.714. The number of amides is 2. The number of hydrogen-bond acceptors (Lipinski definition) is 3. The molecule has 0 spiro atoms. The highest BCUT2D eigenvalue weighted by molar-refractivity contribution is 6.32. The maximum Gasteiger partial charge on any atom is 0.261 e. The third kappa shape index (κ3) is 7.06. The molecule has 0 aliphatic heterocycles. The molecule has 0 aliphatic carbocycles. The van der Waals surface area contributed by atoms with Crippen LogP contribution in [0.2, 0.25) is 5.02 Å². The summed E-state index contributed by atoms with van der Waals surface area (Å²) in [5.74, 6) is -0.581. The van der Waals surface area contributed by atoms with Crippen molar-refractivity contribution in [3.8, 4) is 5.75 Å². The van der Waals surface area contributed by atoms with E-state index in [-0.39, 0.29) is 30.8 Å². The van der Waals surface area contributed by atoms with E-state index < -0.39 is 6.04 Å². The molecule has 0 unspecified atom stereocenters. The molecule has 1 N–H and O–H groups in total. The van der Waals surface area contributed by atoms with Crippen LogP contribution in [0.15, 0.2) is 48.5 Å². The second-order valence-corrected chi connectivity index (χ2v) is 7.09. The summed E-state index contributed by atoms with van der Waals surface area (Å²) in [7, 11) is 0. The Morgan fingerprint density at radius 1 is 1.17 bits per heavy atom. The van der Waals surface area contributed by atoms with E-state index in [1.165, 1.54) is 17.0 Å². The topological polar surface area (TPSA) is 58.6 Å². The van der Waals surface area contributed by atoms with Gasteiger partial charge in [-0.05, 0) is 43.2 Å². The van der Waals surface area contributed by atoms with E-state index in [1.54, 1.807) is 43.3 Å². The van der Waals surface area contributed by atoms with Crippen LogP contribution in [0.3, 0.4) is 0 Å². The molecule has 1 atom stereocenters. The largest absolute Gasteiger partial charge is 0.482 e. The molecular weight excluding hydrogens is 395 g/mol. The van der Waals surface area contributed by atoms with E-state index in [9.17, 15) is 14.0 Å². The third-order valence-electron chi connectivity index (χ3n) is 4.45. The van der Waals surface area contributed by atoms with Crippen molar-refractivity contribution in [1.29, 1.82) is 0 Å². The predicted octanol–water partition coefficient (Wildman–Crippen LogP) is 4.19. The van der Waals surface area contributed by atoms with Gasteiger partial charge in [0.25, 0.3) is 5.91 Å².